The predicted octanol–water partition coefficient (Wildman–Crippen LogP) is 1.84. The van der Waals surface area contributed by atoms with E-state index in [-0.39, 0.29) is 17.3 Å². The molecule has 2 N–H and O–H groups in total. The molecule has 0 bridgehead atoms. The van der Waals surface area contributed by atoms with Crippen molar-refractivity contribution in [3.63, 3.8) is 0 Å². The van der Waals surface area contributed by atoms with Crippen molar-refractivity contribution in [2.75, 3.05) is 31.5 Å². The summed E-state index contributed by atoms with van der Waals surface area (Å²) in [4.78, 5) is 14.2. The quantitative estimate of drug-likeness (QED) is 0.884. The van der Waals surface area contributed by atoms with Crippen molar-refractivity contribution in [2.24, 2.45) is 0 Å². The number of piperazine rings is 1. The van der Waals surface area contributed by atoms with Crippen molar-refractivity contribution in [3.05, 3.63) is 30.1 Å². The Kier molecular flexibility index (Phi) is 4.73. The number of rotatable bonds is 4. The molecule has 0 saturated carbocycles. The summed E-state index contributed by atoms with van der Waals surface area (Å²) in [6, 6.07) is 5.96. The maximum Gasteiger partial charge on any atom is 0.225 e. The van der Waals surface area contributed by atoms with Crippen molar-refractivity contribution in [1.82, 2.24) is 10.2 Å². The lowest BCUT2D eigenvalue weighted by atomic mass is 10.00. The molecule has 1 aromatic rings. The van der Waals surface area contributed by atoms with Crippen LogP contribution in [0.1, 0.15) is 20.3 Å². The lowest BCUT2D eigenvalue weighted by Crippen LogP contribution is -2.58. The summed E-state index contributed by atoms with van der Waals surface area (Å²) in [5, 5.41) is 6.08. The minimum absolute atomic E-state index is 0.0669. The first kappa shape index (κ1) is 14.9. The van der Waals surface area contributed by atoms with Crippen LogP contribution in [0.4, 0.5) is 10.1 Å². The molecule has 1 aromatic carbocycles. The van der Waals surface area contributed by atoms with Crippen molar-refractivity contribution < 1.29 is 9.18 Å². The van der Waals surface area contributed by atoms with E-state index < -0.39 is 0 Å². The van der Waals surface area contributed by atoms with E-state index in [9.17, 15) is 9.18 Å². The van der Waals surface area contributed by atoms with Gasteiger partial charge in [0, 0.05) is 43.8 Å². The number of hydrogen-bond donors (Lipinski definition) is 2. The van der Waals surface area contributed by atoms with E-state index in [1.54, 1.807) is 12.1 Å². The number of nitrogens with zero attached hydrogens (tertiary/aromatic N) is 1. The Morgan fingerprint density at radius 3 is 3.00 bits per heavy atom. The Bertz CT molecular complexity index is 476. The summed E-state index contributed by atoms with van der Waals surface area (Å²) in [7, 11) is 0. The van der Waals surface area contributed by atoms with Crippen molar-refractivity contribution in [1.29, 1.82) is 0 Å². The molecule has 0 aromatic heterocycles. The average molecular weight is 279 g/mol. The molecule has 2 rings (SSSR count). The zero-order chi connectivity index (χ0) is 14.6. The van der Waals surface area contributed by atoms with E-state index >= 15 is 0 Å². The second-order valence-corrected chi connectivity index (χ2v) is 5.78. The van der Waals surface area contributed by atoms with Gasteiger partial charge in [-0.25, -0.2) is 4.39 Å². The molecule has 0 radical (unpaired) electrons. The molecule has 4 nitrogen and oxygen atoms in total. The van der Waals surface area contributed by atoms with Gasteiger partial charge in [0.05, 0.1) is 0 Å². The normalized spacial score (nSPS) is 18.8. The Balaban J connectivity index is 1.83. The minimum atomic E-state index is -0.342. The number of halogens is 1. The maximum absolute atomic E-state index is 13.0. The van der Waals surface area contributed by atoms with Crippen LogP contribution in [-0.2, 0) is 4.79 Å². The third-order valence-corrected chi connectivity index (χ3v) is 3.69. The van der Waals surface area contributed by atoms with Crippen LogP contribution in [0, 0.1) is 5.82 Å². The zero-order valence-corrected chi connectivity index (χ0v) is 12.1. The van der Waals surface area contributed by atoms with Gasteiger partial charge in [-0.15, -0.1) is 0 Å². The Hall–Kier alpha value is -1.46. The first-order valence-electron chi connectivity index (χ1n) is 6.98. The Morgan fingerprint density at radius 2 is 2.30 bits per heavy atom. The van der Waals surface area contributed by atoms with Crippen molar-refractivity contribution in [2.45, 2.75) is 25.8 Å². The van der Waals surface area contributed by atoms with Crippen LogP contribution in [0.2, 0.25) is 0 Å². The lowest BCUT2D eigenvalue weighted by Gasteiger charge is -2.42. The molecule has 1 heterocycles. The second-order valence-electron chi connectivity index (χ2n) is 5.78. The standard InChI is InChI=1S/C15H22FN3O/c1-15(2)11-17-7-9-19(15)8-6-14(20)18-13-5-3-4-12(16)10-13/h3-5,10,17H,6-9,11H2,1-2H3,(H,18,20). The van der Waals surface area contributed by atoms with Gasteiger partial charge < -0.3 is 10.6 Å². The molecular weight excluding hydrogens is 257 g/mol. The van der Waals surface area contributed by atoms with Gasteiger partial charge in [-0.05, 0) is 32.0 Å². The third kappa shape index (κ3) is 4.02. The average Bonchev–Trinajstić information content (AvgIpc) is 2.37. The molecule has 1 aliphatic rings. The van der Waals surface area contributed by atoms with E-state index in [0.29, 0.717) is 12.1 Å². The van der Waals surface area contributed by atoms with Gasteiger partial charge in [0.2, 0.25) is 5.91 Å². The van der Waals surface area contributed by atoms with E-state index in [4.69, 9.17) is 0 Å². The fraction of sp³-hybridized carbons (Fsp3) is 0.533. The van der Waals surface area contributed by atoms with E-state index in [2.05, 4.69) is 29.4 Å². The van der Waals surface area contributed by atoms with Gasteiger partial charge in [-0.2, -0.15) is 0 Å². The molecule has 1 aliphatic heterocycles. The summed E-state index contributed by atoms with van der Waals surface area (Å²) >= 11 is 0. The summed E-state index contributed by atoms with van der Waals surface area (Å²) in [5.74, 6) is -0.420. The Morgan fingerprint density at radius 1 is 1.50 bits per heavy atom. The molecule has 1 saturated heterocycles. The third-order valence-electron chi connectivity index (χ3n) is 3.69. The van der Waals surface area contributed by atoms with Gasteiger partial charge in [-0.3, -0.25) is 9.69 Å². The summed E-state index contributed by atoms with van der Waals surface area (Å²) in [6.45, 7) is 7.89. The topological polar surface area (TPSA) is 44.4 Å². The van der Waals surface area contributed by atoms with Crippen LogP contribution in [0.3, 0.4) is 0 Å². The fourth-order valence-electron chi connectivity index (χ4n) is 2.46. The minimum Gasteiger partial charge on any atom is -0.326 e. The highest BCUT2D eigenvalue weighted by Gasteiger charge is 2.29. The number of amides is 1. The summed E-state index contributed by atoms with van der Waals surface area (Å²) < 4.78 is 13.0. The molecule has 0 unspecified atom stereocenters. The number of benzene rings is 1. The van der Waals surface area contributed by atoms with Crippen LogP contribution in [0.15, 0.2) is 24.3 Å². The molecule has 110 valence electrons. The molecule has 0 aliphatic carbocycles. The predicted molar refractivity (Wildman–Crippen MR) is 78.2 cm³/mol. The molecule has 5 heteroatoms. The number of anilines is 1. The maximum atomic E-state index is 13.0. The SMILES string of the molecule is CC1(C)CNCCN1CCC(=O)Nc1cccc(F)c1. The lowest BCUT2D eigenvalue weighted by molar-refractivity contribution is -0.116. The van der Waals surface area contributed by atoms with Crippen LogP contribution < -0.4 is 10.6 Å². The molecule has 0 atom stereocenters. The number of hydrogen-bond acceptors (Lipinski definition) is 3. The van der Waals surface area contributed by atoms with Crippen LogP contribution in [0.5, 0.6) is 0 Å². The number of carbonyl (C=O) groups excluding carboxylic acids is 1. The highest BCUT2D eigenvalue weighted by Crippen LogP contribution is 2.16. The van der Waals surface area contributed by atoms with Gasteiger partial charge in [0.15, 0.2) is 0 Å². The van der Waals surface area contributed by atoms with Gasteiger partial charge >= 0.3 is 0 Å². The smallest absolute Gasteiger partial charge is 0.225 e. The number of carbonyl (C=O) groups is 1. The first-order valence-corrected chi connectivity index (χ1v) is 6.98. The molecule has 1 amide bonds. The Labute approximate surface area is 119 Å². The van der Waals surface area contributed by atoms with Crippen LogP contribution in [0.25, 0.3) is 0 Å². The molecule has 20 heavy (non-hydrogen) atoms. The molecule has 0 spiro atoms. The van der Waals surface area contributed by atoms with Gasteiger partial charge in [0.1, 0.15) is 5.82 Å². The van der Waals surface area contributed by atoms with Gasteiger partial charge in [0.25, 0.3) is 0 Å². The van der Waals surface area contributed by atoms with E-state index in [1.165, 1.54) is 12.1 Å². The highest BCUT2D eigenvalue weighted by molar-refractivity contribution is 5.90. The van der Waals surface area contributed by atoms with Crippen LogP contribution in [-0.4, -0.2) is 42.5 Å². The van der Waals surface area contributed by atoms with Crippen LogP contribution >= 0.6 is 0 Å². The number of nitrogens with one attached hydrogen (secondary N) is 2. The summed E-state index contributed by atoms with van der Waals surface area (Å²) in [5.41, 5.74) is 0.576. The highest BCUT2D eigenvalue weighted by atomic mass is 19.1. The van der Waals surface area contributed by atoms with Crippen molar-refractivity contribution in [3.8, 4) is 0 Å². The largest absolute Gasteiger partial charge is 0.326 e. The fourth-order valence-corrected chi connectivity index (χ4v) is 2.46. The zero-order valence-electron chi connectivity index (χ0n) is 12.1. The van der Waals surface area contributed by atoms with E-state index in [1.807, 2.05) is 0 Å². The summed E-state index contributed by atoms with van der Waals surface area (Å²) in [6.07, 6.45) is 0.417. The van der Waals surface area contributed by atoms with Gasteiger partial charge in [-0.1, -0.05) is 6.07 Å². The molecular formula is C15H22FN3O. The van der Waals surface area contributed by atoms with E-state index in [0.717, 1.165) is 26.2 Å². The monoisotopic (exact) mass is 279 g/mol. The molecule has 1 fully saturated rings. The second kappa shape index (κ2) is 6.33. The van der Waals surface area contributed by atoms with Crippen molar-refractivity contribution >= 4 is 11.6 Å². The first-order chi connectivity index (χ1) is 9.47.